The van der Waals surface area contributed by atoms with Crippen molar-refractivity contribution in [3.63, 3.8) is 0 Å². The van der Waals surface area contributed by atoms with Crippen molar-refractivity contribution in [3.8, 4) is 6.07 Å². The first kappa shape index (κ1) is 9.15. The Morgan fingerprint density at radius 2 is 2.25 bits per heavy atom. The van der Waals surface area contributed by atoms with Crippen molar-refractivity contribution in [1.82, 2.24) is 0 Å². The molecule has 0 heterocycles. The Morgan fingerprint density at radius 1 is 1.50 bits per heavy atom. The molecule has 1 aromatic rings. The lowest BCUT2D eigenvalue weighted by Crippen LogP contribution is -1.85. The molecule has 1 rings (SSSR count). The lowest BCUT2D eigenvalue weighted by atomic mass is 10.1. The zero-order valence-corrected chi connectivity index (χ0v) is 8.11. The molecule has 0 aliphatic rings. The number of thioether (sulfide) groups is 1. The van der Waals surface area contributed by atoms with Crippen LogP contribution in [0.3, 0.4) is 0 Å². The highest BCUT2D eigenvalue weighted by atomic mass is 32.2. The summed E-state index contributed by atoms with van der Waals surface area (Å²) in [5.74, 6) is 1.05. The fourth-order valence-corrected chi connectivity index (χ4v) is 1.86. The van der Waals surface area contributed by atoms with Gasteiger partial charge in [0.15, 0.2) is 0 Å². The van der Waals surface area contributed by atoms with Gasteiger partial charge in [-0.2, -0.15) is 5.26 Å². The minimum Gasteiger partial charge on any atom is -0.192 e. The molecule has 2 heteroatoms. The van der Waals surface area contributed by atoms with E-state index in [0.717, 1.165) is 16.9 Å². The van der Waals surface area contributed by atoms with Crippen LogP contribution in [0.25, 0.3) is 0 Å². The van der Waals surface area contributed by atoms with Crippen LogP contribution in [0.5, 0.6) is 0 Å². The SMILES string of the molecule is CCSc1cccc(C#N)c1C. The summed E-state index contributed by atoms with van der Waals surface area (Å²) in [7, 11) is 0. The van der Waals surface area contributed by atoms with Gasteiger partial charge in [0.2, 0.25) is 0 Å². The first-order valence-electron chi connectivity index (χ1n) is 3.92. The Balaban J connectivity index is 3.07. The largest absolute Gasteiger partial charge is 0.192 e. The van der Waals surface area contributed by atoms with Gasteiger partial charge in [-0.05, 0) is 30.4 Å². The molecule has 1 aromatic carbocycles. The maximum absolute atomic E-state index is 8.75. The van der Waals surface area contributed by atoms with E-state index >= 15 is 0 Å². The summed E-state index contributed by atoms with van der Waals surface area (Å²) in [6.07, 6.45) is 0. The molecule has 0 saturated carbocycles. The van der Waals surface area contributed by atoms with E-state index in [1.165, 1.54) is 4.90 Å². The van der Waals surface area contributed by atoms with E-state index in [4.69, 9.17) is 5.26 Å². The van der Waals surface area contributed by atoms with Gasteiger partial charge in [0, 0.05) is 4.90 Å². The minimum absolute atomic E-state index is 0.786. The van der Waals surface area contributed by atoms with Crippen molar-refractivity contribution in [2.24, 2.45) is 0 Å². The van der Waals surface area contributed by atoms with Gasteiger partial charge in [0.1, 0.15) is 0 Å². The summed E-state index contributed by atoms with van der Waals surface area (Å²) >= 11 is 1.78. The van der Waals surface area contributed by atoms with Crippen LogP contribution in [0.1, 0.15) is 18.1 Å². The van der Waals surface area contributed by atoms with Crippen LogP contribution < -0.4 is 0 Å². The first-order valence-corrected chi connectivity index (χ1v) is 4.90. The molecule has 0 atom stereocenters. The second-order valence-corrected chi connectivity index (χ2v) is 3.78. The molecule has 12 heavy (non-hydrogen) atoms. The molecule has 0 spiro atoms. The fourth-order valence-electron chi connectivity index (χ4n) is 1.05. The van der Waals surface area contributed by atoms with E-state index in [2.05, 4.69) is 19.1 Å². The molecule has 1 nitrogen and oxygen atoms in total. The molecule has 0 radical (unpaired) electrons. The van der Waals surface area contributed by atoms with Crippen molar-refractivity contribution in [2.75, 3.05) is 5.75 Å². The van der Waals surface area contributed by atoms with Crippen molar-refractivity contribution < 1.29 is 0 Å². The number of nitrogens with zero attached hydrogens (tertiary/aromatic N) is 1. The molecular formula is C10H11NS. The zero-order valence-electron chi connectivity index (χ0n) is 7.29. The third-order valence-electron chi connectivity index (χ3n) is 1.70. The van der Waals surface area contributed by atoms with Gasteiger partial charge in [0.05, 0.1) is 11.6 Å². The van der Waals surface area contributed by atoms with Gasteiger partial charge >= 0.3 is 0 Å². The van der Waals surface area contributed by atoms with Crippen LogP contribution in [0, 0.1) is 18.3 Å². The highest BCUT2D eigenvalue weighted by molar-refractivity contribution is 7.99. The maximum Gasteiger partial charge on any atom is 0.0994 e. The lowest BCUT2D eigenvalue weighted by molar-refractivity contribution is 1.26. The Labute approximate surface area is 77.4 Å². The first-order chi connectivity index (χ1) is 5.79. The highest BCUT2D eigenvalue weighted by Crippen LogP contribution is 2.23. The van der Waals surface area contributed by atoms with Gasteiger partial charge in [0.25, 0.3) is 0 Å². The zero-order chi connectivity index (χ0) is 8.97. The normalized spacial score (nSPS) is 9.42. The van der Waals surface area contributed by atoms with E-state index in [-0.39, 0.29) is 0 Å². The molecule has 0 N–H and O–H groups in total. The molecule has 0 unspecified atom stereocenters. The smallest absolute Gasteiger partial charge is 0.0994 e. The summed E-state index contributed by atoms with van der Waals surface area (Å²) in [6.45, 7) is 4.11. The van der Waals surface area contributed by atoms with Gasteiger partial charge in [-0.1, -0.05) is 13.0 Å². The summed E-state index contributed by atoms with van der Waals surface area (Å²) in [5.41, 5.74) is 1.89. The van der Waals surface area contributed by atoms with Crippen LogP contribution in [0.2, 0.25) is 0 Å². The van der Waals surface area contributed by atoms with Gasteiger partial charge < -0.3 is 0 Å². The van der Waals surface area contributed by atoms with Crippen LogP contribution in [-0.2, 0) is 0 Å². The highest BCUT2D eigenvalue weighted by Gasteiger charge is 2.01. The number of rotatable bonds is 2. The fraction of sp³-hybridized carbons (Fsp3) is 0.300. The number of benzene rings is 1. The summed E-state index contributed by atoms with van der Waals surface area (Å²) in [6, 6.07) is 8.03. The standard InChI is InChI=1S/C10H11NS/c1-3-12-10-6-4-5-9(7-11)8(10)2/h4-6H,3H2,1-2H3. The third kappa shape index (κ3) is 1.80. The van der Waals surface area contributed by atoms with Crippen LogP contribution in [0.15, 0.2) is 23.1 Å². The van der Waals surface area contributed by atoms with Crippen molar-refractivity contribution in [3.05, 3.63) is 29.3 Å². The Bertz CT molecular complexity index is 312. The molecule has 0 fully saturated rings. The Hall–Kier alpha value is -0.940. The Kier molecular flexibility index (Phi) is 3.19. The molecule has 0 aliphatic carbocycles. The molecular weight excluding hydrogens is 166 g/mol. The second kappa shape index (κ2) is 4.18. The molecule has 0 aromatic heterocycles. The summed E-state index contributed by atoms with van der Waals surface area (Å²) in [5, 5.41) is 8.75. The predicted molar refractivity (Wildman–Crippen MR) is 52.3 cm³/mol. The van der Waals surface area contributed by atoms with E-state index < -0.39 is 0 Å². The van der Waals surface area contributed by atoms with Crippen molar-refractivity contribution in [1.29, 1.82) is 5.26 Å². The maximum atomic E-state index is 8.75. The molecule has 0 aliphatic heterocycles. The van der Waals surface area contributed by atoms with Crippen LogP contribution in [0.4, 0.5) is 0 Å². The van der Waals surface area contributed by atoms with Gasteiger partial charge in [-0.3, -0.25) is 0 Å². The number of nitriles is 1. The van der Waals surface area contributed by atoms with E-state index in [0.29, 0.717) is 0 Å². The number of hydrogen-bond donors (Lipinski definition) is 0. The molecule has 62 valence electrons. The van der Waals surface area contributed by atoms with Crippen LogP contribution >= 0.6 is 11.8 Å². The molecule has 0 amide bonds. The van der Waals surface area contributed by atoms with E-state index in [9.17, 15) is 0 Å². The van der Waals surface area contributed by atoms with Crippen LogP contribution in [-0.4, -0.2) is 5.75 Å². The Morgan fingerprint density at radius 3 is 2.83 bits per heavy atom. The topological polar surface area (TPSA) is 23.8 Å². The number of hydrogen-bond acceptors (Lipinski definition) is 2. The van der Waals surface area contributed by atoms with E-state index in [1.54, 1.807) is 11.8 Å². The van der Waals surface area contributed by atoms with Gasteiger partial charge in [-0.25, -0.2) is 0 Å². The average Bonchev–Trinajstić information content (AvgIpc) is 2.09. The monoisotopic (exact) mass is 177 g/mol. The lowest BCUT2D eigenvalue weighted by Gasteiger charge is -2.03. The summed E-state index contributed by atoms with van der Waals surface area (Å²) in [4.78, 5) is 1.22. The van der Waals surface area contributed by atoms with Gasteiger partial charge in [-0.15, -0.1) is 11.8 Å². The average molecular weight is 177 g/mol. The second-order valence-electron chi connectivity index (χ2n) is 2.47. The van der Waals surface area contributed by atoms with E-state index in [1.807, 2.05) is 19.1 Å². The van der Waals surface area contributed by atoms with Crippen molar-refractivity contribution >= 4 is 11.8 Å². The third-order valence-corrected chi connectivity index (χ3v) is 2.75. The molecule has 0 saturated heterocycles. The quantitative estimate of drug-likeness (QED) is 0.648. The minimum atomic E-state index is 0.786. The molecule has 0 bridgehead atoms. The summed E-state index contributed by atoms with van der Waals surface area (Å²) < 4.78 is 0. The predicted octanol–water partition coefficient (Wildman–Crippen LogP) is 2.98. The van der Waals surface area contributed by atoms with Crippen molar-refractivity contribution in [2.45, 2.75) is 18.7 Å².